The Morgan fingerprint density at radius 1 is 1.28 bits per heavy atom. The number of hydrogen-bond acceptors (Lipinski definition) is 2. The normalized spacial score (nSPS) is 21.4. The van der Waals surface area contributed by atoms with Crippen molar-refractivity contribution in [3.63, 3.8) is 0 Å². The highest BCUT2D eigenvalue weighted by Gasteiger charge is 2.21. The van der Waals surface area contributed by atoms with E-state index < -0.39 is 0 Å². The Bertz CT molecular complexity index is 358. The summed E-state index contributed by atoms with van der Waals surface area (Å²) in [6.45, 7) is 10.6. The molecule has 1 saturated heterocycles. The first-order valence-corrected chi connectivity index (χ1v) is 7.11. The van der Waals surface area contributed by atoms with E-state index in [0.717, 1.165) is 26.3 Å². The molecule has 1 fully saturated rings. The summed E-state index contributed by atoms with van der Waals surface area (Å²) < 4.78 is 5.55. The number of hydrogen-bond donors (Lipinski definition) is 0. The Morgan fingerprint density at radius 3 is 2.61 bits per heavy atom. The molecule has 0 aliphatic carbocycles. The van der Waals surface area contributed by atoms with E-state index in [9.17, 15) is 0 Å². The summed E-state index contributed by atoms with van der Waals surface area (Å²) in [6, 6.07) is 9.67. The van der Waals surface area contributed by atoms with Crippen molar-refractivity contribution >= 4 is 0 Å². The van der Waals surface area contributed by atoms with Crippen LogP contribution < -0.4 is 0 Å². The Kier molecular flexibility index (Phi) is 4.79. The molecule has 1 aromatic rings. The molecule has 1 heterocycles. The lowest BCUT2D eigenvalue weighted by atomic mass is 10.0. The van der Waals surface area contributed by atoms with Crippen molar-refractivity contribution in [2.75, 3.05) is 19.8 Å². The van der Waals surface area contributed by atoms with Gasteiger partial charge in [0.25, 0.3) is 0 Å². The van der Waals surface area contributed by atoms with Crippen molar-refractivity contribution in [1.82, 2.24) is 4.90 Å². The van der Waals surface area contributed by atoms with E-state index >= 15 is 0 Å². The van der Waals surface area contributed by atoms with Gasteiger partial charge in [0.2, 0.25) is 0 Å². The highest BCUT2D eigenvalue weighted by molar-refractivity contribution is 5.24. The van der Waals surface area contributed by atoms with Crippen LogP contribution in [0.3, 0.4) is 0 Å². The summed E-state index contributed by atoms with van der Waals surface area (Å²) in [5.74, 6) is 0.617. The van der Waals surface area contributed by atoms with Crippen LogP contribution in [0, 0.1) is 0 Å². The highest BCUT2D eigenvalue weighted by Crippen LogP contribution is 2.18. The average molecular weight is 247 g/mol. The van der Waals surface area contributed by atoms with Crippen molar-refractivity contribution in [1.29, 1.82) is 0 Å². The summed E-state index contributed by atoms with van der Waals surface area (Å²) in [6.07, 6.45) is 1.17. The lowest BCUT2D eigenvalue weighted by molar-refractivity contribution is -0.0127. The highest BCUT2D eigenvalue weighted by atomic mass is 16.5. The van der Waals surface area contributed by atoms with Crippen LogP contribution in [-0.2, 0) is 11.3 Å². The quantitative estimate of drug-likeness (QED) is 0.808. The van der Waals surface area contributed by atoms with Crippen molar-refractivity contribution in [2.24, 2.45) is 0 Å². The van der Waals surface area contributed by atoms with Crippen LogP contribution in [0.5, 0.6) is 0 Å². The van der Waals surface area contributed by atoms with E-state index in [1.807, 2.05) is 0 Å². The largest absolute Gasteiger partial charge is 0.378 e. The van der Waals surface area contributed by atoms with Crippen LogP contribution in [0.25, 0.3) is 0 Å². The number of benzene rings is 1. The standard InChI is InChI=1S/C16H25NO/c1-4-16-12-18-10-9-17(16)11-14-5-7-15(8-6-14)13(2)3/h5-8,13,16H,4,9-12H2,1-3H3. The topological polar surface area (TPSA) is 12.5 Å². The van der Waals surface area contributed by atoms with E-state index in [1.165, 1.54) is 17.5 Å². The van der Waals surface area contributed by atoms with Crippen molar-refractivity contribution in [3.05, 3.63) is 35.4 Å². The molecule has 0 amide bonds. The number of nitrogens with zero attached hydrogens (tertiary/aromatic N) is 1. The molecular formula is C16H25NO. The molecule has 1 aromatic carbocycles. The third-order valence-electron chi connectivity index (χ3n) is 3.85. The maximum Gasteiger partial charge on any atom is 0.0622 e. The summed E-state index contributed by atoms with van der Waals surface area (Å²) >= 11 is 0. The second kappa shape index (κ2) is 6.35. The molecule has 100 valence electrons. The molecule has 0 spiro atoms. The molecule has 0 radical (unpaired) electrons. The summed E-state index contributed by atoms with van der Waals surface area (Å²) in [7, 11) is 0. The van der Waals surface area contributed by atoms with Gasteiger partial charge in [-0.25, -0.2) is 0 Å². The first-order chi connectivity index (χ1) is 8.70. The van der Waals surface area contributed by atoms with Gasteiger partial charge in [-0.1, -0.05) is 45.0 Å². The van der Waals surface area contributed by atoms with Gasteiger partial charge in [-0.05, 0) is 23.5 Å². The Hall–Kier alpha value is -0.860. The molecule has 1 aliphatic rings. The minimum atomic E-state index is 0.587. The van der Waals surface area contributed by atoms with Crippen molar-refractivity contribution < 1.29 is 4.74 Å². The van der Waals surface area contributed by atoms with E-state index in [1.54, 1.807) is 0 Å². The maximum atomic E-state index is 5.55. The minimum Gasteiger partial charge on any atom is -0.378 e. The summed E-state index contributed by atoms with van der Waals surface area (Å²) in [5.41, 5.74) is 2.84. The van der Waals surface area contributed by atoms with Gasteiger partial charge in [-0.15, -0.1) is 0 Å². The summed E-state index contributed by atoms with van der Waals surface area (Å²) in [5, 5.41) is 0. The fourth-order valence-electron chi connectivity index (χ4n) is 2.52. The zero-order valence-electron chi connectivity index (χ0n) is 11.9. The van der Waals surface area contributed by atoms with Gasteiger partial charge in [0.1, 0.15) is 0 Å². The third kappa shape index (κ3) is 3.33. The predicted molar refractivity (Wildman–Crippen MR) is 75.8 cm³/mol. The zero-order chi connectivity index (χ0) is 13.0. The fourth-order valence-corrected chi connectivity index (χ4v) is 2.52. The smallest absolute Gasteiger partial charge is 0.0622 e. The molecule has 1 aliphatic heterocycles. The SMILES string of the molecule is CCC1COCCN1Cc1ccc(C(C)C)cc1. The van der Waals surface area contributed by atoms with Crippen molar-refractivity contribution in [3.8, 4) is 0 Å². The second-order valence-corrected chi connectivity index (χ2v) is 5.50. The lowest BCUT2D eigenvalue weighted by Crippen LogP contribution is -2.44. The molecule has 2 rings (SSSR count). The molecule has 1 unspecified atom stereocenters. The van der Waals surface area contributed by atoms with Crippen LogP contribution in [0.1, 0.15) is 44.2 Å². The molecule has 0 N–H and O–H groups in total. The first kappa shape index (κ1) is 13.6. The lowest BCUT2D eigenvalue weighted by Gasteiger charge is -2.35. The van der Waals surface area contributed by atoms with Gasteiger partial charge < -0.3 is 4.74 Å². The Morgan fingerprint density at radius 2 is 2.00 bits per heavy atom. The van der Waals surface area contributed by atoms with E-state index in [-0.39, 0.29) is 0 Å². The van der Waals surface area contributed by atoms with Gasteiger partial charge in [0.15, 0.2) is 0 Å². The Balaban J connectivity index is 1.99. The van der Waals surface area contributed by atoms with Crippen LogP contribution in [-0.4, -0.2) is 30.7 Å². The number of rotatable bonds is 4. The number of ether oxygens (including phenoxy) is 1. The van der Waals surface area contributed by atoms with Gasteiger partial charge in [0.05, 0.1) is 13.2 Å². The van der Waals surface area contributed by atoms with Crippen LogP contribution in [0.15, 0.2) is 24.3 Å². The number of morpholine rings is 1. The molecule has 2 heteroatoms. The molecular weight excluding hydrogens is 222 g/mol. The molecule has 0 aromatic heterocycles. The van der Waals surface area contributed by atoms with E-state index in [0.29, 0.717) is 12.0 Å². The monoisotopic (exact) mass is 247 g/mol. The summed E-state index contributed by atoms with van der Waals surface area (Å²) in [4.78, 5) is 2.55. The van der Waals surface area contributed by atoms with Gasteiger partial charge in [0, 0.05) is 19.1 Å². The molecule has 1 atom stereocenters. The molecule has 0 bridgehead atoms. The molecule has 0 saturated carbocycles. The second-order valence-electron chi connectivity index (χ2n) is 5.50. The van der Waals surface area contributed by atoms with Crippen LogP contribution in [0.2, 0.25) is 0 Å². The van der Waals surface area contributed by atoms with Gasteiger partial charge in [-0.2, -0.15) is 0 Å². The Labute approximate surface area is 111 Å². The molecule has 2 nitrogen and oxygen atoms in total. The minimum absolute atomic E-state index is 0.587. The predicted octanol–water partition coefficient (Wildman–Crippen LogP) is 3.42. The average Bonchev–Trinajstić information content (AvgIpc) is 2.40. The third-order valence-corrected chi connectivity index (χ3v) is 3.85. The van der Waals surface area contributed by atoms with Crippen LogP contribution >= 0.6 is 0 Å². The van der Waals surface area contributed by atoms with E-state index in [4.69, 9.17) is 4.74 Å². The van der Waals surface area contributed by atoms with Crippen molar-refractivity contribution in [2.45, 2.75) is 45.7 Å². The maximum absolute atomic E-state index is 5.55. The fraction of sp³-hybridized carbons (Fsp3) is 0.625. The van der Waals surface area contributed by atoms with E-state index in [2.05, 4.69) is 49.9 Å². The van der Waals surface area contributed by atoms with Gasteiger partial charge >= 0.3 is 0 Å². The van der Waals surface area contributed by atoms with Gasteiger partial charge in [-0.3, -0.25) is 4.90 Å². The van der Waals surface area contributed by atoms with Crippen LogP contribution in [0.4, 0.5) is 0 Å². The molecule has 18 heavy (non-hydrogen) atoms. The first-order valence-electron chi connectivity index (χ1n) is 7.11. The zero-order valence-corrected chi connectivity index (χ0v) is 11.9.